The minimum atomic E-state index is -0.427. The van der Waals surface area contributed by atoms with Crippen molar-refractivity contribution in [1.82, 2.24) is 9.91 Å². The Kier molecular flexibility index (Phi) is 6.96. The Bertz CT molecular complexity index is 1180. The zero-order chi connectivity index (χ0) is 23.4. The Hall–Kier alpha value is -3.36. The third kappa shape index (κ3) is 5.02. The van der Waals surface area contributed by atoms with Gasteiger partial charge in [-0.3, -0.25) is 4.79 Å². The van der Waals surface area contributed by atoms with Gasteiger partial charge < -0.3 is 15.0 Å². The lowest BCUT2D eigenvalue weighted by molar-refractivity contribution is -0.133. The lowest BCUT2D eigenvalue weighted by Crippen LogP contribution is -2.41. The van der Waals surface area contributed by atoms with Crippen LogP contribution in [0.25, 0.3) is 0 Å². The van der Waals surface area contributed by atoms with Gasteiger partial charge in [0.1, 0.15) is 12.3 Å². The third-order valence-electron chi connectivity index (χ3n) is 5.30. The number of hydrazone groups is 1. The largest absolute Gasteiger partial charge is 0.495 e. The van der Waals surface area contributed by atoms with E-state index in [-0.39, 0.29) is 18.5 Å². The molecule has 170 valence electrons. The van der Waals surface area contributed by atoms with Crippen molar-refractivity contribution in [1.29, 1.82) is 0 Å². The van der Waals surface area contributed by atoms with Crippen LogP contribution in [-0.4, -0.2) is 48.3 Å². The number of likely N-dealkylation sites (N-methyl/N-ethyl adjacent to an activating group) is 1. The molecule has 0 spiro atoms. The van der Waals surface area contributed by atoms with Gasteiger partial charge in [0, 0.05) is 18.5 Å². The van der Waals surface area contributed by atoms with Gasteiger partial charge in [0.15, 0.2) is 0 Å². The van der Waals surface area contributed by atoms with Gasteiger partial charge in [0.05, 0.1) is 29.4 Å². The maximum Gasteiger partial charge on any atom is 0.322 e. The Balaban J connectivity index is 1.52. The number of rotatable bonds is 6. The zero-order valence-corrected chi connectivity index (χ0v) is 19.8. The summed E-state index contributed by atoms with van der Waals surface area (Å²) in [5, 5.41) is 11.4. The molecule has 1 N–H and O–H groups in total. The van der Waals surface area contributed by atoms with E-state index in [1.165, 1.54) is 17.0 Å². The lowest BCUT2D eigenvalue weighted by atomic mass is 10.0. The van der Waals surface area contributed by atoms with Gasteiger partial charge in [-0.25, -0.2) is 9.80 Å². The number of thiophene rings is 1. The van der Waals surface area contributed by atoms with Crippen molar-refractivity contribution in [2.45, 2.75) is 12.5 Å². The fraction of sp³-hybridized carbons (Fsp3) is 0.208. The van der Waals surface area contributed by atoms with Gasteiger partial charge >= 0.3 is 6.03 Å². The first-order chi connectivity index (χ1) is 16.0. The number of nitrogens with one attached hydrogen (secondary N) is 1. The van der Waals surface area contributed by atoms with Crippen molar-refractivity contribution >= 4 is 46.3 Å². The summed E-state index contributed by atoms with van der Waals surface area (Å²) in [6.45, 7) is -0.150. The summed E-state index contributed by atoms with van der Waals surface area (Å²) in [7, 11) is 3.09. The van der Waals surface area contributed by atoms with E-state index in [0.717, 1.165) is 16.2 Å². The SMILES string of the molecule is COc1ccccc1NC(=O)N(C)CC(=O)N1N=C(c2cccs2)C[C@H]1c1ccccc1Cl. The molecule has 1 aliphatic rings. The predicted molar refractivity (Wildman–Crippen MR) is 131 cm³/mol. The summed E-state index contributed by atoms with van der Waals surface area (Å²) in [5.41, 5.74) is 2.17. The highest BCUT2D eigenvalue weighted by molar-refractivity contribution is 7.12. The molecule has 1 atom stereocenters. The molecule has 2 aromatic carbocycles. The maximum atomic E-state index is 13.3. The number of carbonyl (C=O) groups is 2. The van der Waals surface area contributed by atoms with Crippen LogP contribution in [0.2, 0.25) is 5.02 Å². The first kappa shape index (κ1) is 22.8. The van der Waals surface area contributed by atoms with Gasteiger partial charge in [0.2, 0.25) is 0 Å². The molecule has 33 heavy (non-hydrogen) atoms. The minimum absolute atomic E-state index is 0.150. The Morgan fingerprint density at radius 1 is 1.18 bits per heavy atom. The second kappa shape index (κ2) is 10.1. The number of urea groups is 1. The average molecular weight is 483 g/mol. The number of benzene rings is 2. The highest BCUT2D eigenvalue weighted by Crippen LogP contribution is 2.37. The van der Waals surface area contributed by atoms with Crippen molar-refractivity contribution in [2.24, 2.45) is 5.10 Å². The van der Waals surface area contributed by atoms with E-state index in [9.17, 15) is 9.59 Å². The van der Waals surface area contributed by atoms with Crippen LogP contribution < -0.4 is 10.1 Å². The number of carbonyl (C=O) groups excluding carboxylic acids is 2. The van der Waals surface area contributed by atoms with Crippen LogP contribution in [0.5, 0.6) is 5.75 Å². The number of hydrogen-bond acceptors (Lipinski definition) is 5. The van der Waals surface area contributed by atoms with Gasteiger partial charge in [0.25, 0.3) is 5.91 Å². The van der Waals surface area contributed by atoms with Crippen LogP contribution >= 0.6 is 22.9 Å². The molecule has 7 nitrogen and oxygen atoms in total. The average Bonchev–Trinajstić information content (AvgIpc) is 3.50. The second-order valence-corrected chi connectivity index (χ2v) is 8.85. The summed E-state index contributed by atoms with van der Waals surface area (Å²) in [6.07, 6.45) is 0.549. The standard InChI is InChI=1S/C24H23ClN4O3S/c1-28(24(31)26-18-10-5-6-11-21(18)32-2)15-23(30)29-20(16-8-3-4-9-17(16)25)14-19(27-29)22-12-7-13-33-22/h3-13,20H,14-15H2,1-2H3,(H,26,31)/t20-/m0/s1. The molecule has 0 bridgehead atoms. The van der Waals surface area contributed by atoms with Crippen molar-refractivity contribution in [3.63, 3.8) is 0 Å². The smallest absolute Gasteiger partial charge is 0.322 e. The van der Waals surface area contributed by atoms with Crippen LogP contribution in [-0.2, 0) is 4.79 Å². The number of halogens is 1. The van der Waals surface area contributed by atoms with Crippen molar-refractivity contribution in [3.05, 3.63) is 81.5 Å². The number of ether oxygens (including phenoxy) is 1. The van der Waals surface area contributed by atoms with Crippen molar-refractivity contribution < 1.29 is 14.3 Å². The normalized spacial score (nSPS) is 15.2. The highest BCUT2D eigenvalue weighted by Gasteiger charge is 2.35. The van der Waals surface area contributed by atoms with E-state index >= 15 is 0 Å². The fourth-order valence-electron chi connectivity index (χ4n) is 3.63. The van der Waals surface area contributed by atoms with Crippen molar-refractivity contribution in [3.8, 4) is 5.75 Å². The summed E-state index contributed by atoms with van der Waals surface area (Å²) in [6, 6.07) is 17.7. The van der Waals surface area contributed by atoms with E-state index in [0.29, 0.717) is 22.9 Å². The Labute approximate surface area is 201 Å². The number of hydrogen-bond donors (Lipinski definition) is 1. The number of nitrogens with zero attached hydrogens (tertiary/aromatic N) is 3. The topological polar surface area (TPSA) is 74.2 Å². The maximum absolute atomic E-state index is 13.3. The monoisotopic (exact) mass is 482 g/mol. The minimum Gasteiger partial charge on any atom is -0.495 e. The molecule has 0 saturated heterocycles. The van der Waals surface area contributed by atoms with Gasteiger partial charge in [-0.1, -0.05) is 48.0 Å². The molecule has 0 aliphatic carbocycles. The summed E-state index contributed by atoms with van der Waals surface area (Å²) < 4.78 is 5.27. The lowest BCUT2D eigenvalue weighted by Gasteiger charge is -2.25. The number of anilines is 1. The quantitative estimate of drug-likeness (QED) is 0.521. The molecule has 1 aliphatic heterocycles. The molecule has 3 amide bonds. The summed E-state index contributed by atoms with van der Waals surface area (Å²) >= 11 is 8.02. The fourth-order valence-corrected chi connectivity index (χ4v) is 4.61. The predicted octanol–water partition coefficient (Wildman–Crippen LogP) is 5.25. The van der Waals surface area contributed by atoms with Crippen LogP contribution in [0.1, 0.15) is 22.9 Å². The molecule has 3 aromatic rings. The molecule has 0 saturated carbocycles. The molecule has 4 rings (SSSR count). The molecule has 0 unspecified atom stereocenters. The summed E-state index contributed by atoms with van der Waals surface area (Å²) in [4.78, 5) is 28.3. The molecular weight excluding hydrogens is 460 g/mol. The first-order valence-corrected chi connectivity index (χ1v) is 11.6. The van der Waals surface area contributed by atoms with E-state index < -0.39 is 6.03 Å². The van der Waals surface area contributed by atoms with Crippen LogP contribution in [0, 0.1) is 0 Å². The van der Waals surface area contributed by atoms with E-state index in [2.05, 4.69) is 10.4 Å². The van der Waals surface area contributed by atoms with Crippen molar-refractivity contribution in [2.75, 3.05) is 26.0 Å². The van der Waals surface area contributed by atoms with E-state index in [4.69, 9.17) is 16.3 Å². The van der Waals surface area contributed by atoms with Crippen LogP contribution in [0.3, 0.4) is 0 Å². The van der Waals surface area contributed by atoms with Gasteiger partial charge in [-0.2, -0.15) is 5.10 Å². The van der Waals surface area contributed by atoms with Gasteiger partial charge in [-0.05, 0) is 35.2 Å². The number of para-hydroxylation sites is 2. The second-order valence-electron chi connectivity index (χ2n) is 7.49. The van der Waals surface area contributed by atoms with E-state index in [1.807, 2.05) is 41.8 Å². The summed E-state index contributed by atoms with van der Waals surface area (Å²) in [5.74, 6) is 0.234. The molecule has 9 heteroatoms. The Morgan fingerprint density at radius 2 is 1.94 bits per heavy atom. The van der Waals surface area contributed by atoms with Crippen LogP contribution in [0.15, 0.2) is 71.1 Å². The van der Waals surface area contributed by atoms with E-state index in [1.54, 1.807) is 42.6 Å². The Morgan fingerprint density at radius 3 is 2.67 bits per heavy atom. The number of amides is 3. The molecule has 0 radical (unpaired) electrons. The highest BCUT2D eigenvalue weighted by atomic mass is 35.5. The number of methoxy groups -OCH3 is 1. The molecule has 2 heterocycles. The zero-order valence-electron chi connectivity index (χ0n) is 18.2. The molecule has 1 aromatic heterocycles. The molecular formula is C24H23ClN4O3S. The van der Waals surface area contributed by atoms with Crippen LogP contribution in [0.4, 0.5) is 10.5 Å². The van der Waals surface area contributed by atoms with Gasteiger partial charge in [-0.15, -0.1) is 11.3 Å². The first-order valence-electron chi connectivity index (χ1n) is 10.3. The molecule has 0 fully saturated rings. The third-order valence-corrected chi connectivity index (χ3v) is 6.57.